The van der Waals surface area contributed by atoms with E-state index in [2.05, 4.69) is 15.4 Å². The summed E-state index contributed by atoms with van der Waals surface area (Å²) in [5.41, 5.74) is 3.70. The summed E-state index contributed by atoms with van der Waals surface area (Å²) in [5, 5.41) is 7.93. The summed E-state index contributed by atoms with van der Waals surface area (Å²) in [5.74, 6) is -0.792. The number of nitrogens with zero attached hydrogens (tertiary/aromatic N) is 3. The van der Waals surface area contributed by atoms with E-state index in [1.54, 1.807) is 31.5 Å². The van der Waals surface area contributed by atoms with Gasteiger partial charge in [0.15, 0.2) is 0 Å². The molecule has 2 aromatic heterocycles. The number of hydrogen-bond donors (Lipinski definition) is 2. The minimum Gasteiger partial charge on any atom is -0.361 e. The number of rotatable bonds is 5. The lowest BCUT2D eigenvalue weighted by Gasteiger charge is -2.22. The summed E-state index contributed by atoms with van der Waals surface area (Å²) in [4.78, 5) is 30.1. The van der Waals surface area contributed by atoms with Gasteiger partial charge < -0.3 is 10.3 Å². The molecule has 1 aliphatic heterocycles. The number of para-hydroxylation sites is 1. The number of aryl methyl sites for hydroxylation is 1. The highest BCUT2D eigenvalue weighted by atomic mass is 19.1. The molecule has 2 unspecified atom stereocenters. The number of urea groups is 1. The van der Waals surface area contributed by atoms with Gasteiger partial charge in [0.1, 0.15) is 17.5 Å². The van der Waals surface area contributed by atoms with Gasteiger partial charge in [-0.05, 0) is 48.7 Å². The van der Waals surface area contributed by atoms with Crippen LogP contribution in [0.3, 0.4) is 0 Å². The highest BCUT2D eigenvalue weighted by Gasteiger charge is 2.41. The molecule has 2 aromatic carbocycles. The van der Waals surface area contributed by atoms with E-state index < -0.39 is 23.9 Å². The fourth-order valence-corrected chi connectivity index (χ4v) is 4.24. The maximum Gasteiger partial charge on any atom is 0.325 e. The molecule has 0 radical (unpaired) electrons. The lowest BCUT2D eigenvalue weighted by Crippen LogP contribution is -2.34. The van der Waals surface area contributed by atoms with Crippen LogP contribution in [0, 0.1) is 12.7 Å². The normalized spacial score (nSPS) is 17.2. The Bertz CT molecular complexity index is 1340. The number of carbonyl (C=O) groups is 2. The molecule has 2 N–H and O–H groups in total. The van der Waals surface area contributed by atoms with E-state index in [4.69, 9.17) is 0 Å². The molecule has 1 fully saturated rings. The van der Waals surface area contributed by atoms with Gasteiger partial charge in [0.05, 0.1) is 12.2 Å². The Morgan fingerprint density at radius 1 is 1.19 bits per heavy atom. The van der Waals surface area contributed by atoms with Gasteiger partial charge in [-0.15, -0.1) is 0 Å². The molecule has 0 bridgehead atoms. The Morgan fingerprint density at radius 3 is 2.75 bits per heavy atom. The number of fused-ring (bicyclic) bond motifs is 1. The minimum atomic E-state index is -0.666. The number of nitrogens with one attached hydrogen (secondary N) is 2. The third kappa shape index (κ3) is 3.33. The largest absolute Gasteiger partial charge is 0.361 e. The van der Waals surface area contributed by atoms with Gasteiger partial charge in [-0.2, -0.15) is 5.10 Å². The van der Waals surface area contributed by atoms with Gasteiger partial charge >= 0.3 is 6.03 Å². The van der Waals surface area contributed by atoms with Gasteiger partial charge in [0.25, 0.3) is 5.91 Å². The third-order valence-electron chi connectivity index (χ3n) is 5.95. The van der Waals surface area contributed by atoms with Crippen molar-refractivity contribution < 1.29 is 14.0 Å². The Labute approximate surface area is 183 Å². The molecule has 5 rings (SSSR count). The number of amides is 3. The third-order valence-corrected chi connectivity index (χ3v) is 5.95. The summed E-state index contributed by atoms with van der Waals surface area (Å²) in [6.45, 7) is 3.60. The van der Waals surface area contributed by atoms with Gasteiger partial charge in [-0.3, -0.25) is 9.69 Å². The average Bonchev–Trinajstić information content (AvgIpc) is 3.46. The van der Waals surface area contributed by atoms with E-state index >= 15 is 0 Å². The predicted molar refractivity (Wildman–Crippen MR) is 118 cm³/mol. The molecule has 2 atom stereocenters. The molecule has 7 nitrogen and oxygen atoms in total. The van der Waals surface area contributed by atoms with Crippen molar-refractivity contribution in [1.82, 2.24) is 25.0 Å². The quantitative estimate of drug-likeness (QED) is 0.468. The summed E-state index contributed by atoms with van der Waals surface area (Å²) >= 11 is 0. The van der Waals surface area contributed by atoms with Crippen LogP contribution >= 0.6 is 0 Å². The second-order valence-corrected chi connectivity index (χ2v) is 8.12. The van der Waals surface area contributed by atoms with Crippen LogP contribution in [-0.4, -0.2) is 37.6 Å². The maximum absolute atomic E-state index is 14.8. The molecule has 0 saturated carbocycles. The van der Waals surface area contributed by atoms with Crippen molar-refractivity contribution >= 4 is 22.8 Å². The molecule has 3 heterocycles. The monoisotopic (exact) mass is 431 g/mol. The van der Waals surface area contributed by atoms with Crippen LogP contribution in [0.25, 0.3) is 16.6 Å². The molecular weight excluding hydrogens is 409 g/mol. The van der Waals surface area contributed by atoms with Gasteiger partial charge in [0, 0.05) is 29.7 Å². The number of H-pyrrole nitrogens is 1. The van der Waals surface area contributed by atoms with Gasteiger partial charge in [0.2, 0.25) is 0 Å². The van der Waals surface area contributed by atoms with E-state index in [0.29, 0.717) is 17.7 Å². The molecule has 162 valence electrons. The average molecular weight is 431 g/mol. The number of halogens is 1. The van der Waals surface area contributed by atoms with Crippen molar-refractivity contribution in [3.63, 3.8) is 0 Å². The van der Waals surface area contributed by atoms with E-state index in [-0.39, 0.29) is 5.91 Å². The molecule has 0 aliphatic carbocycles. The topological polar surface area (TPSA) is 83.0 Å². The molecule has 4 aromatic rings. The number of aromatic nitrogens is 3. The fourth-order valence-electron chi connectivity index (χ4n) is 4.24. The second-order valence-electron chi connectivity index (χ2n) is 8.12. The molecule has 0 spiro atoms. The predicted octanol–water partition coefficient (Wildman–Crippen LogP) is 4.03. The van der Waals surface area contributed by atoms with Crippen LogP contribution in [0.1, 0.15) is 29.7 Å². The Hall–Kier alpha value is -3.94. The van der Waals surface area contributed by atoms with Crippen LogP contribution in [0.2, 0.25) is 0 Å². The Kier molecular flexibility index (Phi) is 4.77. The van der Waals surface area contributed by atoms with Crippen LogP contribution in [0.4, 0.5) is 9.18 Å². The SMILES string of the molecule is Cc1cnn(-c2ccc(C(C)N3C(=O)NC(Cc4c[nH]c5ccccc45)C3=O)cc2F)c1. The molecule has 32 heavy (non-hydrogen) atoms. The summed E-state index contributed by atoms with van der Waals surface area (Å²) in [6, 6.07) is 10.7. The number of imide groups is 1. The van der Waals surface area contributed by atoms with E-state index in [1.807, 2.05) is 37.4 Å². The second kappa shape index (κ2) is 7.64. The first kappa shape index (κ1) is 20.0. The Balaban J connectivity index is 1.37. The molecule has 1 saturated heterocycles. The minimum absolute atomic E-state index is 0.309. The highest BCUT2D eigenvalue weighted by Crippen LogP contribution is 2.28. The molecular formula is C24H22FN5O2. The Morgan fingerprint density at radius 2 is 2.00 bits per heavy atom. The molecule has 1 aliphatic rings. The summed E-state index contributed by atoms with van der Waals surface area (Å²) in [6.07, 6.45) is 5.62. The zero-order chi connectivity index (χ0) is 22.4. The first-order chi connectivity index (χ1) is 15.4. The van der Waals surface area contributed by atoms with Crippen molar-refractivity contribution in [3.8, 4) is 5.69 Å². The number of hydrogen-bond acceptors (Lipinski definition) is 3. The maximum atomic E-state index is 14.8. The number of aromatic amines is 1. The van der Waals surface area contributed by atoms with Gasteiger partial charge in [-0.25, -0.2) is 13.9 Å². The van der Waals surface area contributed by atoms with E-state index in [1.165, 1.54) is 15.6 Å². The first-order valence-electron chi connectivity index (χ1n) is 10.4. The number of carbonyl (C=O) groups excluding carboxylic acids is 2. The standard InChI is InChI=1S/C24H22FN5O2/c1-14-11-27-29(13-14)22-8-7-16(9-19(22)25)15(2)30-23(31)21(28-24(30)32)10-17-12-26-20-6-4-3-5-18(17)20/h3-9,11-13,15,21,26H,10H2,1-2H3,(H,28,32). The van der Waals surface area contributed by atoms with Gasteiger partial charge in [-0.1, -0.05) is 24.3 Å². The lowest BCUT2D eigenvalue weighted by atomic mass is 10.0. The van der Waals surface area contributed by atoms with Crippen molar-refractivity contribution in [3.05, 3.63) is 83.6 Å². The zero-order valence-corrected chi connectivity index (χ0v) is 17.7. The lowest BCUT2D eigenvalue weighted by molar-refractivity contribution is -0.128. The highest BCUT2D eigenvalue weighted by molar-refractivity contribution is 6.05. The van der Waals surface area contributed by atoms with Crippen molar-refractivity contribution in [2.24, 2.45) is 0 Å². The number of benzene rings is 2. The molecule has 3 amide bonds. The summed E-state index contributed by atoms with van der Waals surface area (Å²) < 4.78 is 16.3. The fraction of sp³-hybridized carbons (Fsp3) is 0.208. The van der Waals surface area contributed by atoms with E-state index in [0.717, 1.165) is 22.0 Å². The van der Waals surface area contributed by atoms with E-state index in [9.17, 15) is 14.0 Å². The smallest absolute Gasteiger partial charge is 0.325 e. The van der Waals surface area contributed by atoms with Crippen LogP contribution in [0.5, 0.6) is 0 Å². The summed E-state index contributed by atoms with van der Waals surface area (Å²) in [7, 11) is 0. The van der Waals surface area contributed by atoms with Crippen LogP contribution in [-0.2, 0) is 11.2 Å². The van der Waals surface area contributed by atoms with Crippen LogP contribution in [0.15, 0.2) is 61.1 Å². The zero-order valence-electron chi connectivity index (χ0n) is 17.7. The first-order valence-corrected chi connectivity index (χ1v) is 10.4. The van der Waals surface area contributed by atoms with Crippen LogP contribution < -0.4 is 5.32 Å². The molecule has 8 heteroatoms. The van der Waals surface area contributed by atoms with Crippen molar-refractivity contribution in [2.45, 2.75) is 32.4 Å². The van der Waals surface area contributed by atoms with Crippen molar-refractivity contribution in [1.29, 1.82) is 0 Å². The van der Waals surface area contributed by atoms with Crippen molar-refractivity contribution in [2.75, 3.05) is 0 Å².